The molecule has 0 radical (unpaired) electrons. The summed E-state index contributed by atoms with van der Waals surface area (Å²) in [4.78, 5) is 21.5. The normalized spacial score (nSPS) is 10.4. The summed E-state index contributed by atoms with van der Waals surface area (Å²) in [5.74, 6) is -0.797. The second-order valence-electron chi connectivity index (χ2n) is 3.41. The molecule has 1 aromatic carbocycles. The minimum atomic E-state index is -0.797. The first kappa shape index (κ1) is 14.1. The van der Waals surface area contributed by atoms with Crippen molar-refractivity contribution in [3.63, 3.8) is 0 Å². The van der Waals surface area contributed by atoms with E-state index in [9.17, 15) is 14.9 Å². The van der Waals surface area contributed by atoms with Crippen LogP contribution in [0.1, 0.15) is 5.56 Å². The molecule has 0 aliphatic carbocycles. The van der Waals surface area contributed by atoms with E-state index in [1.807, 2.05) is 0 Å². The highest BCUT2D eigenvalue weighted by Crippen LogP contribution is 2.16. The first-order chi connectivity index (χ1) is 9.08. The van der Waals surface area contributed by atoms with Gasteiger partial charge in [0.15, 0.2) is 0 Å². The van der Waals surface area contributed by atoms with E-state index in [0.29, 0.717) is 5.56 Å². The van der Waals surface area contributed by atoms with Gasteiger partial charge in [-0.2, -0.15) is 5.26 Å². The zero-order chi connectivity index (χ0) is 14.3. The lowest BCUT2D eigenvalue weighted by Gasteiger charge is -2.00. The monoisotopic (exact) mass is 258 g/mol. The Bertz CT molecular complexity index is 585. The largest absolute Gasteiger partial charge is 0.457 e. The Morgan fingerprint density at radius 3 is 2.89 bits per heavy atom. The van der Waals surface area contributed by atoms with Crippen molar-refractivity contribution in [3.05, 3.63) is 58.2 Å². The number of carbonyl (C=O) groups is 1. The third-order valence-corrected chi connectivity index (χ3v) is 2.06. The van der Waals surface area contributed by atoms with Crippen LogP contribution in [0.2, 0.25) is 0 Å². The number of hydrogen-bond acceptors (Lipinski definition) is 5. The number of ether oxygens (including phenoxy) is 1. The number of hydrogen-bond donors (Lipinski definition) is 0. The van der Waals surface area contributed by atoms with Gasteiger partial charge in [-0.3, -0.25) is 10.1 Å². The second kappa shape index (κ2) is 6.71. The van der Waals surface area contributed by atoms with Crippen molar-refractivity contribution in [2.45, 2.75) is 0 Å². The zero-order valence-corrected chi connectivity index (χ0v) is 9.91. The lowest BCUT2D eigenvalue weighted by Crippen LogP contribution is -2.06. The van der Waals surface area contributed by atoms with Gasteiger partial charge in [0.1, 0.15) is 18.2 Å². The molecule has 0 spiro atoms. The van der Waals surface area contributed by atoms with Gasteiger partial charge >= 0.3 is 5.97 Å². The molecule has 0 bridgehead atoms. The van der Waals surface area contributed by atoms with Crippen LogP contribution < -0.4 is 0 Å². The Morgan fingerprint density at radius 2 is 2.32 bits per heavy atom. The van der Waals surface area contributed by atoms with Crippen LogP contribution >= 0.6 is 0 Å². The quantitative estimate of drug-likeness (QED) is 0.201. The summed E-state index contributed by atoms with van der Waals surface area (Å²) < 4.78 is 4.71. The Hall–Kier alpha value is -2.94. The molecule has 6 nitrogen and oxygen atoms in total. The summed E-state index contributed by atoms with van der Waals surface area (Å²) in [5, 5.41) is 19.5. The summed E-state index contributed by atoms with van der Waals surface area (Å²) in [6, 6.07) is 7.28. The molecular formula is C13H10N2O4. The van der Waals surface area contributed by atoms with Crippen LogP contribution in [0.4, 0.5) is 5.69 Å². The number of nitriles is 1. The Kier molecular flexibility index (Phi) is 4.99. The smallest absolute Gasteiger partial charge is 0.349 e. The number of benzene rings is 1. The average molecular weight is 258 g/mol. The van der Waals surface area contributed by atoms with Crippen LogP contribution in [0.15, 0.2) is 42.5 Å². The Balaban J connectivity index is 3.01. The Morgan fingerprint density at radius 1 is 1.58 bits per heavy atom. The van der Waals surface area contributed by atoms with Gasteiger partial charge in [0.25, 0.3) is 5.69 Å². The molecule has 0 unspecified atom stereocenters. The number of nitro benzene ring substituents is 1. The fourth-order valence-electron chi connectivity index (χ4n) is 1.24. The predicted octanol–water partition coefficient (Wildman–Crippen LogP) is 2.23. The second-order valence-corrected chi connectivity index (χ2v) is 3.41. The molecule has 0 aliphatic heterocycles. The maximum absolute atomic E-state index is 11.5. The number of carbonyl (C=O) groups excluding carboxylic acids is 1. The molecular weight excluding hydrogens is 248 g/mol. The molecule has 0 saturated heterocycles. The van der Waals surface area contributed by atoms with Gasteiger partial charge in [-0.15, -0.1) is 0 Å². The minimum Gasteiger partial charge on any atom is -0.457 e. The van der Waals surface area contributed by atoms with Gasteiger partial charge < -0.3 is 4.74 Å². The van der Waals surface area contributed by atoms with Gasteiger partial charge in [-0.25, -0.2) is 4.79 Å². The third kappa shape index (κ3) is 4.09. The molecule has 0 saturated carbocycles. The van der Waals surface area contributed by atoms with Crippen LogP contribution in [0, 0.1) is 21.4 Å². The summed E-state index contributed by atoms with van der Waals surface area (Å²) >= 11 is 0. The first-order valence-electron chi connectivity index (χ1n) is 5.22. The molecule has 96 valence electrons. The zero-order valence-electron chi connectivity index (χ0n) is 9.91. The topological polar surface area (TPSA) is 93.2 Å². The van der Waals surface area contributed by atoms with Crippen molar-refractivity contribution in [1.82, 2.24) is 0 Å². The molecule has 0 aromatic heterocycles. The van der Waals surface area contributed by atoms with E-state index >= 15 is 0 Å². The molecule has 0 N–H and O–H groups in total. The standard InChI is InChI=1S/C13H10N2O4/c1-2-6-19-13(16)11(9-14)7-10-4-3-5-12(8-10)15(17)18/h2-5,7-8H,1,6H2/b11-7+. The molecule has 1 aromatic rings. The van der Waals surface area contributed by atoms with E-state index in [4.69, 9.17) is 10.00 Å². The molecule has 0 fully saturated rings. The maximum Gasteiger partial charge on any atom is 0.349 e. The van der Waals surface area contributed by atoms with E-state index in [-0.39, 0.29) is 17.9 Å². The van der Waals surface area contributed by atoms with Crippen LogP contribution in [0.5, 0.6) is 0 Å². The number of nitro groups is 1. The van der Waals surface area contributed by atoms with Gasteiger partial charge in [0.2, 0.25) is 0 Å². The summed E-state index contributed by atoms with van der Waals surface area (Å²) in [6.07, 6.45) is 2.61. The van der Waals surface area contributed by atoms with E-state index in [0.717, 1.165) is 0 Å². The van der Waals surface area contributed by atoms with Crippen molar-refractivity contribution in [3.8, 4) is 6.07 Å². The van der Waals surface area contributed by atoms with Crippen molar-refractivity contribution in [1.29, 1.82) is 5.26 Å². The molecule has 0 atom stereocenters. The average Bonchev–Trinajstić information content (AvgIpc) is 2.42. The Labute approximate surface area is 109 Å². The van der Waals surface area contributed by atoms with Crippen molar-refractivity contribution < 1.29 is 14.5 Å². The van der Waals surface area contributed by atoms with Gasteiger partial charge in [0, 0.05) is 12.1 Å². The summed E-state index contributed by atoms with van der Waals surface area (Å²) in [7, 11) is 0. The highest BCUT2D eigenvalue weighted by Gasteiger charge is 2.11. The molecule has 19 heavy (non-hydrogen) atoms. The highest BCUT2D eigenvalue weighted by atomic mass is 16.6. The fraction of sp³-hybridized carbons (Fsp3) is 0.0769. The molecule has 0 amide bonds. The van der Waals surface area contributed by atoms with Crippen molar-refractivity contribution in [2.75, 3.05) is 6.61 Å². The molecule has 1 rings (SSSR count). The van der Waals surface area contributed by atoms with Crippen molar-refractivity contribution >= 4 is 17.7 Å². The summed E-state index contributed by atoms with van der Waals surface area (Å²) in [5.41, 5.74) is 0.0224. The van der Waals surface area contributed by atoms with Crippen LogP contribution in [0.3, 0.4) is 0 Å². The summed E-state index contributed by atoms with van der Waals surface area (Å²) in [6.45, 7) is 3.37. The van der Waals surface area contributed by atoms with Gasteiger partial charge in [0.05, 0.1) is 4.92 Å². The highest BCUT2D eigenvalue weighted by molar-refractivity contribution is 5.97. The predicted molar refractivity (Wildman–Crippen MR) is 67.8 cm³/mol. The SMILES string of the molecule is C=CCOC(=O)/C(C#N)=C/c1cccc([N+](=O)[O-])c1. The number of esters is 1. The molecule has 0 heterocycles. The fourth-order valence-corrected chi connectivity index (χ4v) is 1.24. The van der Waals surface area contributed by atoms with E-state index < -0.39 is 10.9 Å². The van der Waals surface area contributed by atoms with Crippen LogP contribution in [-0.4, -0.2) is 17.5 Å². The van der Waals surface area contributed by atoms with Crippen LogP contribution in [0.25, 0.3) is 6.08 Å². The first-order valence-corrected chi connectivity index (χ1v) is 5.22. The lowest BCUT2D eigenvalue weighted by molar-refractivity contribution is -0.384. The molecule has 0 aliphatic rings. The number of nitrogens with zero attached hydrogens (tertiary/aromatic N) is 2. The van der Waals surface area contributed by atoms with E-state index in [2.05, 4.69) is 6.58 Å². The van der Waals surface area contributed by atoms with Gasteiger partial charge in [-0.05, 0) is 11.6 Å². The van der Waals surface area contributed by atoms with E-state index in [1.165, 1.54) is 30.4 Å². The van der Waals surface area contributed by atoms with Crippen molar-refractivity contribution in [2.24, 2.45) is 0 Å². The lowest BCUT2D eigenvalue weighted by atomic mass is 10.1. The van der Waals surface area contributed by atoms with Gasteiger partial charge in [-0.1, -0.05) is 24.8 Å². The molecule has 6 heteroatoms. The minimum absolute atomic E-state index is 0.00715. The number of non-ortho nitro benzene ring substituents is 1. The maximum atomic E-state index is 11.5. The van der Waals surface area contributed by atoms with Crippen LogP contribution in [-0.2, 0) is 9.53 Å². The van der Waals surface area contributed by atoms with E-state index in [1.54, 1.807) is 12.1 Å². The number of rotatable bonds is 5. The third-order valence-electron chi connectivity index (χ3n) is 2.06.